The molecule has 0 unspecified atom stereocenters. The lowest BCUT2D eigenvalue weighted by atomic mass is 9.96. The Labute approximate surface area is 111 Å². The van der Waals surface area contributed by atoms with Crippen LogP contribution in [0, 0.1) is 20.8 Å². The van der Waals surface area contributed by atoms with Crippen LogP contribution in [0.15, 0.2) is 12.1 Å². The van der Waals surface area contributed by atoms with Crippen LogP contribution < -0.4 is 4.74 Å². The molecule has 2 rings (SSSR count). The third-order valence-electron chi connectivity index (χ3n) is 3.31. The monoisotopic (exact) mass is 260 g/mol. The van der Waals surface area contributed by atoms with Gasteiger partial charge in [-0.15, -0.1) is 0 Å². The topological polar surface area (TPSA) is 75.2 Å². The first kappa shape index (κ1) is 13.1. The van der Waals surface area contributed by atoms with Gasteiger partial charge < -0.3 is 9.84 Å². The molecule has 5 heteroatoms. The molecule has 0 radical (unpaired) electrons. The molecule has 2 aromatic rings. The maximum atomic E-state index is 10.9. The van der Waals surface area contributed by atoms with Crippen molar-refractivity contribution in [3.63, 3.8) is 0 Å². The number of carbonyl (C=O) groups is 1. The van der Waals surface area contributed by atoms with Crippen LogP contribution in [-0.2, 0) is 0 Å². The first-order valence-corrected chi connectivity index (χ1v) is 5.89. The number of aromatic nitrogens is 2. The summed E-state index contributed by atoms with van der Waals surface area (Å²) in [5.74, 6) is -0.159. The van der Waals surface area contributed by atoms with Gasteiger partial charge in [0, 0.05) is 5.56 Å². The second kappa shape index (κ2) is 4.76. The molecule has 1 aromatic heterocycles. The van der Waals surface area contributed by atoms with E-state index >= 15 is 0 Å². The summed E-state index contributed by atoms with van der Waals surface area (Å²) in [6.45, 7) is 5.91. The molecule has 0 fully saturated rings. The number of nitrogens with one attached hydrogen (secondary N) is 1. The zero-order valence-corrected chi connectivity index (χ0v) is 11.4. The Bertz CT molecular complexity index is 644. The van der Waals surface area contributed by atoms with Gasteiger partial charge in [-0.2, -0.15) is 5.10 Å². The van der Waals surface area contributed by atoms with Gasteiger partial charge in [-0.3, -0.25) is 5.10 Å². The Morgan fingerprint density at radius 3 is 2.47 bits per heavy atom. The number of carboxylic acid groups (broad SMARTS) is 1. The van der Waals surface area contributed by atoms with Gasteiger partial charge in [-0.1, -0.05) is 0 Å². The van der Waals surface area contributed by atoms with E-state index in [0.717, 1.165) is 28.0 Å². The molecule has 5 nitrogen and oxygen atoms in total. The number of carboxylic acids is 1. The Kier molecular flexibility index (Phi) is 3.29. The standard InChI is InChI=1S/C14H16N2O3/c1-7-5-10(8(2)9(3)13(7)19-4)11-6-12(14(17)18)16-15-11/h5-6H,1-4H3,(H,15,16)(H,17,18). The van der Waals surface area contributed by atoms with Gasteiger partial charge in [0.1, 0.15) is 11.4 Å². The SMILES string of the molecule is COc1c(C)cc(-c2cc(C(=O)O)[nH]n2)c(C)c1C. The van der Waals surface area contributed by atoms with Crippen LogP contribution >= 0.6 is 0 Å². The average Bonchev–Trinajstić information content (AvgIpc) is 2.84. The molecule has 1 heterocycles. The van der Waals surface area contributed by atoms with E-state index in [1.807, 2.05) is 26.8 Å². The van der Waals surface area contributed by atoms with Crippen molar-refractivity contribution in [3.8, 4) is 17.0 Å². The number of aryl methyl sites for hydroxylation is 1. The molecule has 0 saturated carbocycles. The minimum absolute atomic E-state index is 0.0838. The smallest absolute Gasteiger partial charge is 0.353 e. The first-order valence-electron chi connectivity index (χ1n) is 5.89. The number of nitrogens with zero attached hydrogens (tertiary/aromatic N) is 1. The molecule has 0 atom stereocenters. The van der Waals surface area contributed by atoms with E-state index in [0.29, 0.717) is 5.69 Å². The number of H-pyrrole nitrogens is 1. The Hall–Kier alpha value is -2.30. The lowest BCUT2D eigenvalue weighted by Crippen LogP contribution is -1.96. The van der Waals surface area contributed by atoms with Gasteiger partial charge in [-0.25, -0.2) is 4.79 Å². The van der Waals surface area contributed by atoms with Gasteiger partial charge in [0.15, 0.2) is 0 Å². The summed E-state index contributed by atoms with van der Waals surface area (Å²) in [4.78, 5) is 10.9. The number of benzene rings is 1. The molecule has 0 amide bonds. The van der Waals surface area contributed by atoms with E-state index in [2.05, 4.69) is 10.2 Å². The van der Waals surface area contributed by atoms with Gasteiger partial charge >= 0.3 is 5.97 Å². The number of hydrogen-bond acceptors (Lipinski definition) is 3. The number of ether oxygens (including phenoxy) is 1. The molecule has 0 aliphatic rings. The Morgan fingerprint density at radius 2 is 1.95 bits per heavy atom. The molecule has 0 spiro atoms. The summed E-state index contributed by atoms with van der Waals surface area (Å²) < 4.78 is 5.37. The summed E-state index contributed by atoms with van der Waals surface area (Å²) in [7, 11) is 1.64. The number of methoxy groups -OCH3 is 1. The fraction of sp³-hybridized carbons (Fsp3) is 0.286. The molecule has 2 N–H and O–H groups in total. The predicted molar refractivity (Wildman–Crippen MR) is 71.7 cm³/mol. The quantitative estimate of drug-likeness (QED) is 0.889. The second-order valence-electron chi connectivity index (χ2n) is 4.50. The largest absolute Gasteiger partial charge is 0.496 e. The molecule has 1 aromatic carbocycles. The highest BCUT2D eigenvalue weighted by atomic mass is 16.5. The van der Waals surface area contributed by atoms with E-state index in [-0.39, 0.29) is 5.69 Å². The summed E-state index contributed by atoms with van der Waals surface area (Å²) in [5.41, 5.74) is 4.70. The van der Waals surface area contributed by atoms with E-state index in [1.165, 1.54) is 6.07 Å². The number of aromatic carboxylic acids is 1. The highest BCUT2D eigenvalue weighted by Gasteiger charge is 2.15. The maximum Gasteiger partial charge on any atom is 0.353 e. The third kappa shape index (κ3) is 2.19. The van der Waals surface area contributed by atoms with Crippen LogP contribution in [-0.4, -0.2) is 28.4 Å². The number of hydrogen-bond donors (Lipinski definition) is 2. The van der Waals surface area contributed by atoms with Crippen LogP contribution in [0.2, 0.25) is 0 Å². The molecule has 0 saturated heterocycles. The van der Waals surface area contributed by atoms with Crippen molar-refractivity contribution in [3.05, 3.63) is 34.5 Å². The van der Waals surface area contributed by atoms with Gasteiger partial charge in [-0.05, 0) is 49.6 Å². The van der Waals surface area contributed by atoms with Gasteiger partial charge in [0.25, 0.3) is 0 Å². The van der Waals surface area contributed by atoms with Crippen molar-refractivity contribution < 1.29 is 14.6 Å². The van der Waals surface area contributed by atoms with Crippen LogP contribution in [0.1, 0.15) is 27.2 Å². The highest BCUT2D eigenvalue weighted by molar-refractivity contribution is 5.87. The molecule has 0 aliphatic heterocycles. The minimum Gasteiger partial charge on any atom is -0.496 e. The van der Waals surface area contributed by atoms with Crippen molar-refractivity contribution in [1.82, 2.24) is 10.2 Å². The number of aromatic amines is 1. The van der Waals surface area contributed by atoms with E-state index in [1.54, 1.807) is 7.11 Å². The summed E-state index contributed by atoms with van der Waals surface area (Å²) in [6.07, 6.45) is 0. The molecule has 0 aliphatic carbocycles. The number of rotatable bonds is 3. The zero-order chi connectivity index (χ0) is 14.2. The average molecular weight is 260 g/mol. The van der Waals surface area contributed by atoms with Crippen LogP contribution in [0.3, 0.4) is 0 Å². The van der Waals surface area contributed by atoms with Gasteiger partial charge in [0.05, 0.1) is 12.8 Å². The zero-order valence-electron chi connectivity index (χ0n) is 11.4. The molecular formula is C14H16N2O3. The third-order valence-corrected chi connectivity index (χ3v) is 3.31. The summed E-state index contributed by atoms with van der Waals surface area (Å²) >= 11 is 0. The van der Waals surface area contributed by atoms with Crippen molar-refractivity contribution in [2.24, 2.45) is 0 Å². The van der Waals surface area contributed by atoms with Crippen molar-refractivity contribution >= 4 is 5.97 Å². The maximum absolute atomic E-state index is 10.9. The van der Waals surface area contributed by atoms with E-state index in [9.17, 15) is 4.79 Å². The fourth-order valence-electron chi connectivity index (χ4n) is 2.21. The lowest BCUT2D eigenvalue weighted by Gasteiger charge is -2.14. The van der Waals surface area contributed by atoms with Crippen LogP contribution in [0.4, 0.5) is 0 Å². The molecule has 19 heavy (non-hydrogen) atoms. The molecule has 0 bridgehead atoms. The van der Waals surface area contributed by atoms with E-state index in [4.69, 9.17) is 9.84 Å². The summed E-state index contributed by atoms with van der Waals surface area (Å²) in [5, 5.41) is 15.5. The van der Waals surface area contributed by atoms with Crippen molar-refractivity contribution in [1.29, 1.82) is 0 Å². The molecular weight excluding hydrogens is 244 g/mol. The Morgan fingerprint density at radius 1 is 1.26 bits per heavy atom. The lowest BCUT2D eigenvalue weighted by molar-refractivity contribution is 0.0690. The van der Waals surface area contributed by atoms with E-state index < -0.39 is 5.97 Å². The van der Waals surface area contributed by atoms with Crippen LogP contribution in [0.25, 0.3) is 11.3 Å². The van der Waals surface area contributed by atoms with Crippen molar-refractivity contribution in [2.75, 3.05) is 7.11 Å². The fourth-order valence-corrected chi connectivity index (χ4v) is 2.21. The first-order chi connectivity index (χ1) is 8.95. The normalized spacial score (nSPS) is 10.5. The van der Waals surface area contributed by atoms with Crippen LogP contribution in [0.5, 0.6) is 5.75 Å². The minimum atomic E-state index is -1.02. The van der Waals surface area contributed by atoms with Crippen molar-refractivity contribution in [2.45, 2.75) is 20.8 Å². The Balaban J connectivity index is 2.59. The van der Waals surface area contributed by atoms with Gasteiger partial charge in [0.2, 0.25) is 0 Å². The summed E-state index contributed by atoms with van der Waals surface area (Å²) in [6, 6.07) is 3.50. The predicted octanol–water partition coefficient (Wildman–Crippen LogP) is 2.71. The second-order valence-corrected chi connectivity index (χ2v) is 4.50. The highest BCUT2D eigenvalue weighted by Crippen LogP contribution is 2.33. The molecule has 100 valence electrons.